The molecule has 17 heavy (non-hydrogen) atoms. The normalized spacial score (nSPS) is 10.7. The zero-order chi connectivity index (χ0) is 12.8. The van der Waals surface area contributed by atoms with Crippen LogP contribution in [0.15, 0.2) is 0 Å². The monoisotopic (exact) mass is 276 g/mol. The number of thioether (sulfide) groups is 1. The SMILES string of the molecule is CC(=O)SCCCCCCCCCCCCS. The summed E-state index contributed by atoms with van der Waals surface area (Å²) < 4.78 is 0. The average molecular weight is 277 g/mol. The largest absolute Gasteiger partial charge is 0.288 e. The standard InChI is InChI=1S/C14H28OS2/c1-14(15)17-13-11-9-7-5-3-2-4-6-8-10-12-16/h16H,2-13H2,1H3. The summed E-state index contributed by atoms with van der Waals surface area (Å²) in [5.41, 5.74) is 0. The molecule has 0 atom stereocenters. The lowest BCUT2D eigenvalue weighted by Crippen LogP contribution is -1.87. The Morgan fingerprint density at radius 1 is 0.824 bits per heavy atom. The van der Waals surface area contributed by atoms with E-state index in [1.165, 1.54) is 76.0 Å². The molecule has 0 N–H and O–H groups in total. The first kappa shape index (κ1) is 17.4. The van der Waals surface area contributed by atoms with Crippen LogP contribution in [0.3, 0.4) is 0 Å². The highest BCUT2D eigenvalue weighted by Gasteiger charge is 1.95. The number of hydrogen-bond acceptors (Lipinski definition) is 3. The smallest absolute Gasteiger partial charge is 0.185 e. The number of unbranched alkanes of at least 4 members (excludes halogenated alkanes) is 9. The van der Waals surface area contributed by atoms with Gasteiger partial charge in [-0.2, -0.15) is 12.6 Å². The molecule has 0 fully saturated rings. The molecule has 0 aliphatic rings. The summed E-state index contributed by atoms with van der Waals surface area (Å²) in [6.45, 7) is 1.65. The van der Waals surface area contributed by atoms with Crippen LogP contribution in [0.2, 0.25) is 0 Å². The Bertz CT molecular complexity index is 172. The molecule has 0 aromatic heterocycles. The van der Waals surface area contributed by atoms with E-state index in [0.29, 0.717) is 0 Å². The van der Waals surface area contributed by atoms with Crippen LogP contribution in [0.4, 0.5) is 0 Å². The van der Waals surface area contributed by atoms with Crippen molar-refractivity contribution < 1.29 is 4.79 Å². The molecule has 0 saturated heterocycles. The van der Waals surface area contributed by atoms with E-state index in [-0.39, 0.29) is 5.12 Å². The molecule has 0 saturated carbocycles. The van der Waals surface area contributed by atoms with E-state index >= 15 is 0 Å². The molecule has 0 aromatic rings. The first-order chi connectivity index (χ1) is 8.27. The van der Waals surface area contributed by atoms with Gasteiger partial charge in [-0.05, 0) is 18.6 Å². The Labute approximate surface area is 117 Å². The number of carbonyl (C=O) groups excluding carboxylic acids is 1. The molecule has 0 bridgehead atoms. The molecule has 1 nitrogen and oxygen atoms in total. The molecule has 102 valence electrons. The molecule has 0 unspecified atom stereocenters. The van der Waals surface area contributed by atoms with Crippen molar-refractivity contribution in [2.45, 2.75) is 71.1 Å². The van der Waals surface area contributed by atoms with Crippen molar-refractivity contribution in [1.82, 2.24) is 0 Å². The topological polar surface area (TPSA) is 17.1 Å². The van der Waals surface area contributed by atoms with Gasteiger partial charge >= 0.3 is 0 Å². The van der Waals surface area contributed by atoms with E-state index in [9.17, 15) is 4.79 Å². The minimum atomic E-state index is 0.256. The zero-order valence-electron chi connectivity index (χ0n) is 11.2. The van der Waals surface area contributed by atoms with Crippen LogP contribution < -0.4 is 0 Å². The van der Waals surface area contributed by atoms with Crippen molar-refractivity contribution in [3.63, 3.8) is 0 Å². The fourth-order valence-corrected chi connectivity index (χ4v) is 2.70. The summed E-state index contributed by atoms with van der Waals surface area (Å²) in [4.78, 5) is 10.7. The summed E-state index contributed by atoms with van der Waals surface area (Å²) in [5, 5.41) is 0.256. The molecular weight excluding hydrogens is 248 g/mol. The summed E-state index contributed by atoms with van der Waals surface area (Å²) in [7, 11) is 0. The molecule has 0 aromatic carbocycles. The predicted octanol–water partition coefficient (Wildman–Crippen LogP) is 5.10. The number of thiol groups is 1. The Morgan fingerprint density at radius 3 is 1.65 bits per heavy atom. The van der Waals surface area contributed by atoms with Gasteiger partial charge in [0.15, 0.2) is 5.12 Å². The maximum Gasteiger partial charge on any atom is 0.185 e. The Balaban J connectivity index is 2.91. The van der Waals surface area contributed by atoms with Gasteiger partial charge in [0, 0.05) is 12.7 Å². The highest BCUT2D eigenvalue weighted by molar-refractivity contribution is 8.13. The molecule has 0 radical (unpaired) electrons. The molecule has 0 rings (SSSR count). The molecule has 0 aliphatic heterocycles. The van der Waals surface area contributed by atoms with E-state index in [2.05, 4.69) is 12.6 Å². The third-order valence-corrected chi connectivity index (χ3v) is 4.07. The van der Waals surface area contributed by atoms with Crippen LogP contribution in [0.25, 0.3) is 0 Å². The van der Waals surface area contributed by atoms with Crippen molar-refractivity contribution in [2.24, 2.45) is 0 Å². The Hall–Kier alpha value is 0.370. The minimum absolute atomic E-state index is 0.256. The van der Waals surface area contributed by atoms with Crippen LogP contribution in [0.1, 0.15) is 71.1 Å². The van der Waals surface area contributed by atoms with E-state index < -0.39 is 0 Å². The van der Waals surface area contributed by atoms with E-state index in [4.69, 9.17) is 0 Å². The summed E-state index contributed by atoms with van der Waals surface area (Å²) >= 11 is 5.68. The van der Waals surface area contributed by atoms with Crippen LogP contribution in [-0.4, -0.2) is 16.6 Å². The predicted molar refractivity (Wildman–Crippen MR) is 83.2 cm³/mol. The fourth-order valence-electron chi connectivity index (χ4n) is 1.84. The van der Waals surface area contributed by atoms with Gasteiger partial charge in [-0.25, -0.2) is 0 Å². The Morgan fingerprint density at radius 2 is 1.24 bits per heavy atom. The lowest BCUT2D eigenvalue weighted by molar-refractivity contribution is -0.109. The van der Waals surface area contributed by atoms with Crippen molar-refractivity contribution in [3.05, 3.63) is 0 Å². The Kier molecular flexibility index (Phi) is 14.7. The van der Waals surface area contributed by atoms with Crippen molar-refractivity contribution >= 4 is 29.5 Å². The third-order valence-electron chi connectivity index (χ3n) is 2.86. The van der Waals surface area contributed by atoms with Crippen molar-refractivity contribution in [3.8, 4) is 0 Å². The zero-order valence-corrected chi connectivity index (χ0v) is 13.0. The number of hydrogen-bond donors (Lipinski definition) is 1. The van der Waals surface area contributed by atoms with Crippen molar-refractivity contribution in [2.75, 3.05) is 11.5 Å². The summed E-state index contributed by atoms with van der Waals surface area (Å²) in [6.07, 6.45) is 13.4. The van der Waals surface area contributed by atoms with Crippen LogP contribution >= 0.6 is 24.4 Å². The van der Waals surface area contributed by atoms with Gasteiger partial charge in [-0.1, -0.05) is 63.1 Å². The first-order valence-electron chi connectivity index (χ1n) is 7.01. The minimum Gasteiger partial charge on any atom is -0.288 e. The quantitative estimate of drug-likeness (QED) is 0.395. The van der Waals surface area contributed by atoms with Crippen molar-refractivity contribution in [1.29, 1.82) is 0 Å². The van der Waals surface area contributed by atoms with Gasteiger partial charge in [0.2, 0.25) is 0 Å². The second kappa shape index (κ2) is 14.4. The van der Waals surface area contributed by atoms with E-state index in [0.717, 1.165) is 11.5 Å². The van der Waals surface area contributed by atoms with E-state index in [1.807, 2.05) is 0 Å². The maximum atomic E-state index is 10.7. The summed E-state index contributed by atoms with van der Waals surface area (Å²) in [6, 6.07) is 0. The highest BCUT2D eigenvalue weighted by atomic mass is 32.2. The van der Waals surface area contributed by atoms with Gasteiger partial charge in [0.05, 0.1) is 0 Å². The lowest BCUT2D eigenvalue weighted by atomic mass is 10.1. The van der Waals surface area contributed by atoms with E-state index in [1.54, 1.807) is 6.92 Å². The average Bonchev–Trinajstić information content (AvgIpc) is 2.30. The molecule has 0 amide bonds. The molecule has 0 heterocycles. The second-order valence-electron chi connectivity index (χ2n) is 4.60. The van der Waals surface area contributed by atoms with Gasteiger partial charge < -0.3 is 0 Å². The lowest BCUT2D eigenvalue weighted by Gasteiger charge is -2.02. The first-order valence-corrected chi connectivity index (χ1v) is 8.63. The van der Waals surface area contributed by atoms with Gasteiger partial charge in [-0.3, -0.25) is 4.79 Å². The molecule has 0 spiro atoms. The second-order valence-corrected chi connectivity index (χ2v) is 6.32. The molecular formula is C14H28OS2. The van der Waals surface area contributed by atoms with Gasteiger partial charge in [0.1, 0.15) is 0 Å². The van der Waals surface area contributed by atoms with Crippen LogP contribution in [0.5, 0.6) is 0 Å². The fraction of sp³-hybridized carbons (Fsp3) is 0.929. The molecule has 3 heteroatoms. The molecule has 0 aliphatic carbocycles. The van der Waals surface area contributed by atoms with Crippen LogP contribution in [-0.2, 0) is 4.79 Å². The summed E-state index contributed by atoms with van der Waals surface area (Å²) in [5.74, 6) is 2.05. The number of rotatable bonds is 12. The van der Waals surface area contributed by atoms with Gasteiger partial charge in [0.25, 0.3) is 0 Å². The third kappa shape index (κ3) is 16.4. The highest BCUT2D eigenvalue weighted by Crippen LogP contribution is 2.12. The number of carbonyl (C=O) groups is 1. The van der Waals surface area contributed by atoms with Gasteiger partial charge in [-0.15, -0.1) is 0 Å². The van der Waals surface area contributed by atoms with Crippen LogP contribution in [0, 0.1) is 0 Å². The maximum absolute atomic E-state index is 10.7.